The minimum atomic E-state index is -1.82. The van der Waals surface area contributed by atoms with Crippen molar-refractivity contribution < 1.29 is 62.8 Å². The van der Waals surface area contributed by atoms with Crippen molar-refractivity contribution in [1.29, 1.82) is 0 Å². The lowest BCUT2D eigenvalue weighted by atomic mass is 9.76. The molecule has 0 amide bonds. The van der Waals surface area contributed by atoms with E-state index in [1.165, 1.54) is 14.0 Å². The normalized spacial score (nSPS) is 46.2. The van der Waals surface area contributed by atoms with Crippen molar-refractivity contribution in [2.75, 3.05) is 21.2 Å². The van der Waals surface area contributed by atoms with E-state index in [4.69, 9.17) is 37.9 Å². The number of ether oxygens (including phenoxy) is 8. The average molecular weight is 901 g/mol. The van der Waals surface area contributed by atoms with Crippen LogP contribution in [0.1, 0.15) is 105 Å². The number of benzene rings is 1. The highest BCUT2D eigenvalue weighted by Crippen LogP contribution is 2.48. The van der Waals surface area contributed by atoms with Crippen LogP contribution in [0.5, 0.6) is 0 Å². The van der Waals surface area contributed by atoms with E-state index >= 15 is 0 Å². The number of nitrogens with zero attached hydrogens (tertiary/aromatic N) is 1. The summed E-state index contributed by atoms with van der Waals surface area (Å²) < 4.78 is 53.1. The van der Waals surface area contributed by atoms with Gasteiger partial charge in [-0.1, -0.05) is 43.6 Å². The molecule has 0 radical (unpaired) electrons. The van der Waals surface area contributed by atoms with Gasteiger partial charge in [0.05, 0.1) is 65.3 Å². The third kappa shape index (κ3) is 10.1. The van der Waals surface area contributed by atoms with Gasteiger partial charge < -0.3 is 58.1 Å². The Morgan fingerprint density at radius 3 is 2.17 bits per heavy atom. The number of hydrogen-bond donors (Lipinski definition) is 3. The van der Waals surface area contributed by atoms with Crippen LogP contribution >= 0.6 is 15.9 Å². The van der Waals surface area contributed by atoms with Gasteiger partial charge in [-0.05, 0) is 105 Å². The predicted molar refractivity (Wildman–Crippen MR) is 221 cm³/mol. The van der Waals surface area contributed by atoms with Crippen LogP contribution < -0.4 is 0 Å². The SMILES string of the molecule is CC[C@@H]1OC(=O)[C@H](C)[C@H](O[C@H]2C[C@](C)(OC)[C@H](O)[C@@H](C)O2)[C@H](C)[C@@H](O[C@@H]2O[C@H](C)C[C@H](N(C)C)[C@H]2OC(=O)c2ccc(Br)cc2)[C@]2(C)C[C@H](C)[C@H](O2)[C@H](C)[C@@H](O)[C@]1(C)O. The number of likely N-dealkylation sites (N-methyl/N-ethyl adjacent to an activating group) is 1. The Labute approximate surface area is 359 Å². The maximum atomic E-state index is 14.4. The molecule has 2 bridgehead atoms. The summed E-state index contributed by atoms with van der Waals surface area (Å²) in [6, 6.07) is 6.63. The van der Waals surface area contributed by atoms with Gasteiger partial charge in [-0.25, -0.2) is 4.79 Å². The topological polar surface area (TPSA) is 172 Å². The van der Waals surface area contributed by atoms with Gasteiger partial charge in [0.15, 0.2) is 18.7 Å². The molecule has 4 aliphatic heterocycles. The summed E-state index contributed by atoms with van der Waals surface area (Å²) >= 11 is 3.44. The molecular weight excluding hydrogens is 830 g/mol. The maximum Gasteiger partial charge on any atom is 0.338 e. The third-order valence-electron chi connectivity index (χ3n) is 13.7. The highest BCUT2D eigenvalue weighted by atomic mass is 79.9. The minimum absolute atomic E-state index is 0.112. The van der Waals surface area contributed by atoms with Gasteiger partial charge in [0.2, 0.25) is 0 Å². The van der Waals surface area contributed by atoms with Gasteiger partial charge >= 0.3 is 11.9 Å². The summed E-state index contributed by atoms with van der Waals surface area (Å²) in [6.45, 7) is 18.2. The molecule has 0 unspecified atom stereocenters. The van der Waals surface area contributed by atoms with Crippen LogP contribution in [0, 0.1) is 23.7 Å². The molecule has 0 aromatic heterocycles. The summed E-state index contributed by atoms with van der Waals surface area (Å²) in [6.07, 6.45) is -8.13. The first-order chi connectivity index (χ1) is 27.5. The van der Waals surface area contributed by atoms with E-state index in [1.54, 1.807) is 52.0 Å². The molecule has 0 spiro atoms. The first-order valence-corrected chi connectivity index (χ1v) is 22.0. The molecule has 4 aliphatic rings. The summed E-state index contributed by atoms with van der Waals surface area (Å²) in [5.41, 5.74) is -3.56. The Bertz CT molecular complexity index is 1580. The number of carbonyl (C=O) groups is 2. The quantitative estimate of drug-likeness (QED) is 0.275. The molecule has 3 N–H and O–H groups in total. The lowest BCUT2D eigenvalue weighted by Crippen LogP contribution is -2.61. The second-order valence-electron chi connectivity index (χ2n) is 18.6. The number of rotatable bonds is 9. The molecule has 59 heavy (non-hydrogen) atoms. The molecule has 4 heterocycles. The van der Waals surface area contributed by atoms with Gasteiger partial charge in [0.25, 0.3) is 0 Å². The second-order valence-corrected chi connectivity index (χ2v) is 19.6. The number of methoxy groups -OCH3 is 1. The molecule has 14 nitrogen and oxygen atoms in total. The first kappa shape index (κ1) is 48.3. The van der Waals surface area contributed by atoms with Gasteiger partial charge in [0.1, 0.15) is 17.8 Å². The molecule has 5 rings (SSSR count). The maximum absolute atomic E-state index is 14.4. The number of hydrogen-bond acceptors (Lipinski definition) is 14. The van der Waals surface area contributed by atoms with Crippen LogP contribution in [0.25, 0.3) is 0 Å². The summed E-state index contributed by atoms with van der Waals surface area (Å²) in [7, 11) is 5.37. The van der Waals surface area contributed by atoms with Crippen LogP contribution in [0.2, 0.25) is 0 Å². The van der Waals surface area contributed by atoms with Crippen molar-refractivity contribution in [2.24, 2.45) is 23.7 Å². The van der Waals surface area contributed by atoms with E-state index in [0.717, 1.165) is 4.47 Å². The highest BCUT2D eigenvalue weighted by molar-refractivity contribution is 9.10. The molecule has 4 fully saturated rings. The van der Waals surface area contributed by atoms with E-state index in [2.05, 4.69) is 15.9 Å². The smallest absolute Gasteiger partial charge is 0.338 e. The standard InChI is InChI=1S/C44H70BrNO13/c1-14-31-44(10,51)36(47)24(4)33-22(2)20-43(9,59-33)38(25(5)34(26(6)39(49)55-31)56-32-21-42(8,52-13)37(48)27(7)54-32)58-41-35(30(46(11)12)19-23(3)53-41)57-40(50)28-15-17-29(45)18-16-28/h15-18,22-27,30-38,41,47-48,51H,14,19-21H2,1-13H3/t22-,23+,24-,25-,26+,27+,30-,31-,32-,33-,34+,35+,36+,37+,38+,41-,42-,43-,44+/m0/s1. The lowest BCUT2D eigenvalue weighted by molar-refractivity contribution is -0.318. The van der Waals surface area contributed by atoms with Crippen LogP contribution in [-0.4, -0.2) is 144 Å². The molecule has 1 aromatic carbocycles. The van der Waals surface area contributed by atoms with Crippen molar-refractivity contribution in [2.45, 2.75) is 185 Å². The van der Waals surface area contributed by atoms with Gasteiger partial charge in [-0.3, -0.25) is 4.79 Å². The Balaban J connectivity index is 1.63. The number of halogens is 1. The fraction of sp³-hybridized carbons (Fsp3) is 0.818. The van der Waals surface area contributed by atoms with E-state index in [0.29, 0.717) is 18.4 Å². The number of aliphatic hydroxyl groups excluding tert-OH is 2. The second kappa shape index (κ2) is 18.9. The summed E-state index contributed by atoms with van der Waals surface area (Å²) in [5.74, 6) is -3.51. The molecule has 19 atom stereocenters. The number of aliphatic hydroxyl groups is 3. The molecule has 336 valence electrons. The number of carbonyl (C=O) groups excluding carboxylic acids is 2. The number of fused-ring (bicyclic) bond motifs is 2. The van der Waals surface area contributed by atoms with Crippen LogP contribution in [0.15, 0.2) is 28.7 Å². The Morgan fingerprint density at radius 2 is 1.58 bits per heavy atom. The van der Waals surface area contributed by atoms with Crippen molar-refractivity contribution in [3.63, 3.8) is 0 Å². The Kier molecular flexibility index (Phi) is 15.5. The molecular formula is C44H70BrNO13. The van der Waals surface area contributed by atoms with Gasteiger partial charge in [0, 0.05) is 29.8 Å². The zero-order chi connectivity index (χ0) is 43.9. The lowest BCUT2D eigenvalue weighted by Gasteiger charge is -2.49. The molecule has 0 saturated carbocycles. The summed E-state index contributed by atoms with van der Waals surface area (Å²) in [4.78, 5) is 30.2. The highest BCUT2D eigenvalue weighted by Gasteiger charge is 2.58. The van der Waals surface area contributed by atoms with Crippen LogP contribution in [0.3, 0.4) is 0 Å². The van der Waals surface area contributed by atoms with E-state index < -0.39 is 108 Å². The molecule has 0 aliphatic carbocycles. The largest absolute Gasteiger partial charge is 0.459 e. The number of cyclic esters (lactones) is 1. The van der Waals surface area contributed by atoms with E-state index in [1.807, 2.05) is 53.6 Å². The fourth-order valence-electron chi connectivity index (χ4n) is 10.1. The van der Waals surface area contributed by atoms with Gasteiger partial charge in [-0.2, -0.15) is 0 Å². The average Bonchev–Trinajstić information content (AvgIpc) is 3.50. The number of esters is 2. The van der Waals surface area contributed by atoms with E-state index in [9.17, 15) is 24.9 Å². The zero-order valence-corrected chi connectivity index (χ0v) is 38.7. The van der Waals surface area contributed by atoms with Crippen molar-refractivity contribution in [3.8, 4) is 0 Å². The van der Waals surface area contributed by atoms with Crippen LogP contribution in [-0.2, 0) is 42.7 Å². The monoisotopic (exact) mass is 899 g/mol. The third-order valence-corrected chi connectivity index (χ3v) is 14.2. The van der Waals surface area contributed by atoms with Gasteiger partial charge in [-0.15, -0.1) is 0 Å². The summed E-state index contributed by atoms with van der Waals surface area (Å²) in [5, 5.41) is 34.8. The Hall–Kier alpha value is -1.76. The van der Waals surface area contributed by atoms with Crippen molar-refractivity contribution in [1.82, 2.24) is 4.90 Å². The minimum Gasteiger partial charge on any atom is -0.459 e. The van der Waals surface area contributed by atoms with Crippen molar-refractivity contribution >= 4 is 27.9 Å². The molecule has 1 aromatic rings. The molecule has 4 saturated heterocycles. The van der Waals surface area contributed by atoms with Crippen LogP contribution in [0.4, 0.5) is 0 Å². The predicted octanol–water partition coefficient (Wildman–Crippen LogP) is 5.25. The fourth-order valence-corrected chi connectivity index (χ4v) is 10.4. The van der Waals surface area contributed by atoms with Crippen molar-refractivity contribution in [3.05, 3.63) is 34.3 Å². The molecule has 15 heteroatoms. The zero-order valence-electron chi connectivity index (χ0n) is 37.1. The van der Waals surface area contributed by atoms with E-state index in [-0.39, 0.29) is 30.9 Å². The Morgan fingerprint density at radius 1 is 0.932 bits per heavy atom. The first-order valence-electron chi connectivity index (χ1n) is 21.2.